The minimum atomic E-state index is -4.89. The third-order valence-electron chi connectivity index (χ3n) is 6.44. The van der Waals surface area contributed by atoms with Gasteiger partial charge in [0.25, 0.3) is 0 Å². The second kappa shape index (κ2) is 13.0. The Balaban J connectivity index is 1.72. The molecule has 0 aliphatic heterocycles. The second-order valence-electron chi connectivity index (χ2n) is 9.35. The molecule has 42 heavy (non-hydrogen) atoms. The highest BCUT2D eigenvalue weighted by Gasteiger charge is 2.32. The summed E-state index contributed by atoms with van der Waals surface area (Å²) in [6, 6.07) is 20.8. The van der Waals surface area contributed by atoms with Crippen LogP contribution in [-0.2, 0) is 19.1 Å². The van der Waals surface area contributed by atoms with E-state index < -0.39 is 36.5 Å². The highest BCUT2D eigenvalue weighted by molar-refractivity contribution is 6.31. The van der Waals surface area contributed by atoms with Gasteiger partial charge in [-0.15, -0.1) is 13.2 Å². The number of benzene rings is 4. The van der Waals surface area contributed by atoms with Crippen molar-refractivity contribution >= 4 is 17.3 Å². The van der Waals surface area contributed by atoms with Crippen molar-refractivity contribution in [3.05, 3.63) is 118 Å². The number of aliphatic hydroxyl groups is 1. The lowest BCUT2D eigenvalue weighted by Crippen LogP contribution is -2.31. The average Bonchev–Trinajstić information content (AvgIpc) is 2.93. The van der Waals surface area contributed by atoms with Crippen LogP contribution in [0.5, 0.6) is 17.2 Å². The smallest absolute Gasteiger partial charge is 0.457 e. The molecule has 0 bridgehead atoms. The summed E-state index contributed by atoms with van der Waals surface area (Å²) < 4.78 is 88.2. The Labute approximate surface area is 243 Å². The Kier molecular flexibility index (Phi) is 9.58. The topological polar surface area (TPSA) is 41.9 Å². The number of halogens is 7. The molecule has 0 aromatic heterocycles. The summed E-state index contributed by atoms with van der Waals surface area (Å²) in [5.74, 6) is 0.514. The van der Waals surface area contributed by atoms with E-state index in [1.807, 2.05) is 6.92 Å². The summed E-state index contributed by atoms with van der Waals surface area (Å²) in [6.07, 6.45) is -8.75. The van der Waals surface area contributed by atoms with E-state index in [4.69, 9.17) is 16.3 Å². The Morgan fingerprint density at radius 3 is 2.12 bits per heavy atom. The minimum Gasteiger partial charge on any atom is -0.457 e. The van der Waals surface area contributed by atoms with Crippen LogP contribution in [0.3, 0.4) is 0 Å². The van der Waals surface area contributed by atoms with E-state index in [0.717, 1.165) is 23.8 Å². The fraction of sp³-hybridized carbons (Fsp3) is 0.226. The van der Waals surface area contributed by atoms with Crippen LogP contribution in [0.2, 0.25) is 5.02 Å². The summed E-state index contributed by atoms with van der Waals surface area (Å²) in [5.41, 5.74) is 1.30. The maximum Gasteiger partial charge on any atom is 0.573 e. The van der Waals surface area contributed by atoms with Crippen LogP contribution in [0.15, 0.2) is 91.0 Å². The first-order valence-corrected chi connectivity index (χ1v) is 13.2. The molecule has 0 heterocycles. The first-order chi connectivity index (χ1) is 19.9. The number of nitrogens with zero attached hydrogens (tertiary/aromatic N) is 1. The van der Waals surface area contributed by atoms with E-state index in [2.05, 4.69) is 4.74 Å². The van der Waals surface area contributed by atoms with Crippen LogP contribution in [0.4, 0.5) is 32.0 Å². The molecule has 0 aliphatic rings. The predicted molar refractivity (Wildman–Crippen MR) is 148 cm³/mol. The lowest BCUT2D eigenvalue weighted by atomic mass is 10.0. The molecule has 1 atom stereocenters. The normalized spacial score (nSPS) is 12.6. The molecule has 0 spiro atoms. The van der Waals surface area contributed by atoms with Gasteiger partial charge in [-0.05, 0) is 77.7 Å². The van der Waals surface area contributed by atoms with Crippen LogP contribution in [0.1, 0.15) is 35.2 Å². The van der Waals surface area contributed by atoms with Crippen LogP contribution in [0.25, 0.3) is 0 Å². The molecule has 0 saturated carbocycles. The Bertz CT molecular complexity index is 1490. The lowest BCUT2D eigenvalue weighted by molar-refractivity contribution is -0.274. The van der Waals surface area contributed by atoms with Gasteiger partial charge in [0, 0.05) is 23.3 Å². The van der Waals surface area contributed by atoms with E-state index >= 15 is 0 Å². The van der Waals surface area contributed by atoms with E-state index in [1.54, 1.807) is 53.4 Å². The zero-order chi connectivity index (χ0) is 30.5. The molecule has 222 valence electrons. The molecule has 0 amide bonds. The molecule has 4 aromatic carbocycles. The van der Waals surface area contributed by atoms with Gasteiger partial charge in [0.15, 0.2) is 0 Å². The second-order valence-corrected chi connectivity index (χ2v) is 9.75. The molecule has 1 unspecified atom stereocenters. The molecule has 4 aromatic rings. The maximum absolute atomic E-state index is 13.2. The number of ether oxygens (including phenoxy) is 2. The van der Waals surface area contributed by atoms with Crippen molar-refractivity contribution in [1.29, 1.82) is 0 Å². The third kappa shape index (κ3) is 8.10. The number of rotatable bonds is 10. The van der Waals surface area contributed by atoms with Crippen molar-refractivity contribution in [3.63, 3.8) is 0 Å². The summed E-state index contributed by atoms with van der Waals surface area (Å²) >= 11 is 6.21. The summed E-state index contributed by atoms with van der Waals surface area (Å²) in [5, 5.41) is 11.0. The van der Waals surface area contributed by atoms with Gasteiger partial charge in [-0.1, -0.05) is 48.9 Å². The average molecular weight is 610 g/mol. The van der Waals surface area contributed by atoms with Gasteiger partial charge in [0.05, 0.1) is 18.2 Å². The first-order valence-electron chi connectivity index (χ1n) is 12.8. The largest absolute Gasteiger partial charge is 0.573 e. The molecule has 1 N–H and O–H groups in total. The molecule has 4 rings (SSSR count). The molecule has 0 aliphatic carbocycles. The minimum absolute atomic E-state index is 0.0221. The number of alkyl halides is 6. The number of aryl methyl sites for hydroxylation is 1. The number of hydrogen-bond acceptors (Lipinski definition) is 4. The van der Waals surface area contributed by atoms with E-state index in [-0.39, 0.29) is 6.54 Å². The predicted octanol–water partition coefficient (Wildman–Crippen LogP) is 9.35. The number of aliphatic hydroxyl groups excluding tert-OH is 1. The highest BCUT2D eigenvalue weighted by atomic mass is 35.5. The monoisotopic (exact) mass is 609 g/mol. The standard InChI is InChI=1S/C31H26ClF6NO3/c1-2-21-16-26(13-14-28(21)32)41-25-7-4-6-24(17-25)39(18-20-5-3-8-27(15-20)42-31(36,37)38)29(19-40)22-9-11-23(12-10-22)30(33,34)35/h3-17,29,40H,2,18-19H2,1H3. The lowest BCUT2D eigenvalue weighted by Gasteiger charge is -2.33. The number of anilines is 1. The Morgan fingerprint density at radius 1 is 0.810 bits per heavy atom. The summed E-state index contributed by atoms with van der Waals surface area (Å²) in [6.45, 7) is 1.42. The van der Waals surface area contributed by atoms with Gasteiger partial charge in [-0.25, -0.2) is 0 Å². The van der Waals surface area contributed by atoms with Crippen LogP contribution >= 0.6 is 11.6 Å². The van der Waals surface area contributed by atoms with Crippen molar-refractivity contribution in [2.24, 2.45) is 0 Å². The van der Waals surface area contributed by atoms with Crippen molar-refractivity contribution in [1.82, 2.24) is 0 Å². The fourth-order valence-electron chi connectivity index (χ4n) is 4.44. The van der Waals surface area contributed by atoms with Gasteiger partial charge >= 0.3 is 12.5 Å². The van der Waals surface area contributed by atoms with Crippen LogP contribution in [0, 0.1) is 0 Å². The first kappa shape index (κ1) is 31.1. The number of hydrogen-bond donors (Lipinski definition) is 1. The quantitative estimate of drug-likeness (QED) is 0.182. The van der Waals surface area contributed by atoms with Crippen LogP contribution in [-0.4, -0.2) is 18.1 Å². The maximum atomic E-state index is 13.2. The van der Waals surface area contributed by atoms with Gasteiger partial charge in [0.1, 0.15) is 17.2 Å². The van der Waals surface area contributed by atoms with E-state index in [0.29, 0.717) is 39.8 Å². The van der Waals surface area contributed by atoms with Crippen molar-refractivity contribution in [3.8, 4) is 17.2 Å². The zero-order valence-electron chi connectivity index (χ0n) is 22.2. The highest BCUT2D eigenvalue weighted by Crippen LogP contribution is 2.36. The third-order valence-corrected chi connectivity index (χ3v) is 6.81. The van der Waals surface area contributed by atoms with Gasteiger partial charge in [-0.2, -0.15) is 13.2 Å². The zero-order valence-corrected chi connectivity index (χ0v) is 23.0. The van der Waals surface area contributed by atoms with Crippen LogP contribution < -0.4 is 14.4 Å². The summed E-state index contributed by atoms with van der Waals surface area (Å²) in [4.78, 5) is 1.67. The van der Waals surface area contributed by atoms with Crippen molar-refractivity contribution < 1.29 is 40.9 Å². The SMILES string of the molecule is CCc1cc(Oc2cccc(N(Cc3cccc(OC(F)(F)F)c3)C(CO)c3ccc(C(F)(F)F)cc3)c2)ccc1Cl. The van der Waals surface area contributed by atoms with Crippen molar-refractivity contribution in [2.75, 3.05) is 11.5 Å². The Morgan fingerprint density at radius 2 is 1.48 bits per heavy atom. The Hall–Kier alpha value is -3.89. The molecule has 11 heteroatoms. The molecule has 0 radical (unpaired) electrons. The van der Waals surface area contributed by atoms with Crippen molar-refractivity contribution in [2.45, 2.75) is 38.5 Å². The van der Waals surface area contributed by atoms with E-state index in [9.17, 15) is 31.4 Å². The van der Waals surface area contributed by atoms with Gasteiger partial charge in [0.2, 0.25) is 0 Å². The molecule has 0 fully saturated rings. The fourth-order valence-corrected chi connectivity index (χ4v) is 4.70. The molecule has 0 saturated heterocycles. The molecule has 4 nitrogen and oxygen atoms in total. The van der Waals surface area contributed by atoms with E-state index in [1.165, 1.54) is 24.3 Å². The van der Waals surface area contributed by atoms with Gasteiger partial charge < -0.3 is 19.5 Å². The van der Waals surface area contributed by atoms with Gasteiger partial charge in [-0.3, -0.25) is 0 Å². The molecular weight excluding hydrogens is 584 g/mol. The summed E-state index contributed by atoms with van der Waals surface area (Å²) in [7, 11) is 0. The molecular formula is C31H26ClF6NO3.